The number of anilines is 2. The molecule has 0 bridgehead atoms. The van der Waals surface area contributed by atoms with E-state index >= 15 is 0 Å². The normalized spacial score (nSPS) is 17.0. The second-order valence-electron chi connectivity index (χ2n) is 5.72. The summed E-state index contributed by atoms with van der Waals surface area (Å²) in [4.78, 5) is 27.2. The number of amides is 2. The molecule has 7 heteroatoms. The number of nitrogens with zero attached hydrogens (tertiary/aromatic N) is 1. The van der Waals surface area contributed by atoms with Crippen molar-refractivity contribution in [2.75, 3.05) is 23.0 Å². The van der Waals surface area contributed by atoms with Crippen LogP contribution in [0.3, 0.4) is 0 Å². The molecule has 2 aromatic rings. The highest BCUT2D eigenvalue weighted by atomic mass is 32.2. The summed E-state index contributed by atoms with van der Waals surface area (Å²) in [7, 11) is 0. The summed E-state index contributed by atoms with van der Waals surface area (Å²) in [5.74, 6) is -2.65. The van der Waals surface area contributed by atoms with Crippen LogP contribution >= 0.6 is 11.8 Å². The number of carbonyl (C=O) groups excluding carboxylic acids is 2. The number of rotatable bonds is 4. The quantitative estimate of drug-likeness (QED) is 0.844. The van der Waals surface area contributed by atoms with Crippen molar-refractivity contribution < 1.29 is 18.4 Å². The number of hydrogen-bond acceptors (Lipinski definition) is 3. The zero-order valence-corrected chi connectivity index (χ0v) is 14.3. The minimum atomic E-state index is -0.719. The van der Waals surface area contributed by atoms with Crippen LogP contribution in [0.25, 0.3) is 0 Å². The summed E-state index contributed by atoms with van der Waals surface area (Å²) in [6.07, 6.45) is 2.00. The van der Waals surface area contributed by atoms with Crippen molar-refractivity contribution >= 4 is 35.0 Å². The molecule has 1 heterocycles. The lowest BCUT2D eigenvalue weighted by Gasteiger charge is -2.17. The minimum absolute atomic E-state index is 0.0348. The van der Waals surface area contributed by atoms with Crippen LogP contribution in [-0.2, 0) is 9.59 Å². The summed E-state index contributed by atoms with van der Waals surface area (Å²) in [5.41, 5.74) is 0.496. The molecule has 0 aromatic heterocycles. The molecule has 1 unspecified atom stereocenters. The molecule has 1 aliphatic heterocycles. The lowest BCUT2D eigenvalue weighted by Crippen LogP contribution is -2.28. The van der Waals surface area contributed by atoms with Gasteiger partial charge < -0.3 is 10.2 Å². The molecule has 1 aliphatic rings. The fourth-order valence-electron chi connectivity index (χ4n) is 2.72. The highest BCUT2D eigenvalue weighted by Gasteiger charge is 2.35. The van der Waals surface area contributed by atoms with Gasteiger partial charge in [0.25, 0.3) is 0 Å². The van der Waals surface area contributed by atoms with Crippen LogP contribution in [0.4, 0.5) is 20.2 Å². The minimum Gasteiger partial charge on any atom is -0.323 e. The number of nitrogens with one attached hydrogen (secondary N) is 1. The van der Waals surface area contributed by atoms with Gasteiger partial charge in [-0.05, 0) is 42.7 Å². The molecule has 2 amide bonds. The van der Waals surface area contributed by atoms with E-state index in [1.807, 2.05) is 30.5 Å². The predicted molar refractivity (Wildman–Crippen MR) is 93.7 cm³/mol. The smallest absolute Gasteiger partial charge is 0.229 e. The zero-order chi connectivity index (χ0) is 18.0. The number of hydrogen-bond donors (Lipinski definition) is 1. The molecule has 0 spiro atoms. The van der Waals surface area contributed by atoms with Crippen LogP contribution in [0.5, 0.6) is 0 Å². The number of halogens is 2. The first-order valence-corrected chi connectivity index (χ1v) is 8.90. The average molecular weight is 362 g/mol. The molecule has 3 rings (SSSR count). The molecule has 25 heavy (non-hydrogen) atoms. The van der Waals surface area contributed by atoms with E-state index in [0.717, 1.165) is 28.8 Å². The van der Waals surface area contributed by atoms with E-state index in [1.165, 1.54) is 4.90 Å². The number of carbonyl (C=O) groups is 2. The highest BCUT2D eigenvalue weighted by Crippen LogP contribution is 2.28. The zero-order valence-electron chi connectivity index (χ0n) is 13.5. The molecule has 1 saturated heterocycles. The predicted octanol–water partition coefficient (Wildman–Crippen LogP) is 3.68. The van der Waals surface area contributed by atoms with Gasteiger partial charge >= 0.3 is 0 Å². The van der Waals surface area contributed by atoms with Gasteiger partial charge in [-0.15, -0.1) is 11.8 Å². The Bertz CT molecular complexity index is 811. The molecule has 0 radical (unpaired) electrons. The molecule has 2 aromatic carbocycles. The van der Waals surface area contributed by atoms with Gasteiger partial charge in [0.1, 0.15) is 11.6 Å². The third-order valence-electron chi connectivity index (χ3n) is 4.07. The van der Waals surface area contributed by atoms with Crippen LogP contribution in [-0.4, -0.2) is 24.6 Å². The third kappa shape index (κ3) is 3.82. The Morgan fingerprint density at radius 3 is 2.60 bits per heavy atom. The highest BCUT2D eigenvalue weighted by molar-refractivity contribution is 7.98. The van der Waals surface area contributed by atoms with Crippen LogP contribution < -0.4 is 10.2 Å². The van der Waals surface area contributed by atoms with E-state index < -0.39 is 23.5 Å². The Kier molecular flexibility index (Phi) is 5.03. The lowest BCUT2D eigenvalue weighted by molar-refractivity contribution is -0.122. The second kappa shape index (κ2) is 7.23. The molecule has 1 fully saturated rings. The van der Waals surface area contributed by atoms with E-state index in [9.17, 15) is 18.4 Å². The van der Waals surface area contributed by atoms with Crippen LogP contribution in [0, 0.1) is 17.6 Å². The Morgan fingerprint density at radius 1 is 1.20 bits per heavy atom. The van der Waals surface area contributed by atoms with Crippen molar-refractivity contribution in [1.29, 1.82) is 0 Å². The maximum atomic E-state index is 13.6. The van der Waals surface area contributed by atoms with Gasteiger partial charge in [-0.1, -0.05) is 0 Å². The fraction of sp³-hybridized carbons (Fsp3) is 0.222. The largest absolute Gasteiger partial charge is 0.323 e. The maximum Gasteiger partial charge on any atom is 0.229 e. The van der Waals surface area contributed by atoms with Gasteiger partial charge in [0.15, 0.2) is 0 Å². The number of benzene rings is 2. The standard InChI is InChI=1S/C18H16F2N2O2S/c1-25-14-5-3-13(4-6-14)22-10-11(8-17(22)23)18(24)21-16-9-12(19)2-7-15(16)20/h2-7,9,11H,8,10H2,1H3,(H,21,24). The van der Waals surface area contributed by atoms with Gasteiger partial charge in [0.05, 0.1) is 11.6 Å². The van der Waals surface area contributed by atoms with Crippen LogP contribution in [0.1, 0.15) is 6.42 Å². The van der Waals surface area contributed by atoms with Gasteiger partial charge in [-0.25, -0.2) is 8.78 Å². The third-order valence-corrected chi connectivity index (χ3v) is 4.81. The van der Waals surface area contributed by atoms with Crippen molar-refractivity contribution in [3.8, 4) is 0 Å². The first kappa shape index (κ1) is 17.4. The van der Waals surface area contributed by atoms with Crippen LogP contribution in [0.2, 0.25) is 0 Å². The summed E-state index contributed by atoms with van der Waals surface area (Å²) in [6, 6.07) is 10.3. The second-order valence-corrected chi connectivity index (χ2v) is 6.60. The van der Waals surface area contributed by atoms with Crippen molar-refractivity contribution in [3.63, 3.8) is 0 Å². The van der Waals surface area contributed by atoms with Gasteiger partial charge in [0, 0.05) is 29.6 Å². The molecule has 130 valence electrons. The number of thioether (sulfide) groups is 1. The van der Waals surface area contributed by atoms with Gasteiger partial charge in [-0.3, -0.25) is 9.59 Å². The summed E-state index contributed by atoms with van der Waals surface area (Å²) in [6.45, 7) is 0.209. The molecule has 0 saturated carbocycles. The summed E-state index contributed by atoms with van der Waals surface area (Å²) >= 11 is 1.60. The Balaban J connectivity index is 1.70. The van der Waals surface area contributed by atoms with Crippen molar-refractivity contribution in [2.45, 2.75) is 11.3 Å². The Hall–Kier alpha value is -2.41. The maximum absolute atomic E-state index is 13.6. The van der Waals surface area contributed by atoms with E-state index in [-0.39, 0.29) is 24.6 Å². The van der Waals surface area contributed by atoms with E-state index in [4.69, 9.17) is 0 Å². The van der Waals surface area contributed by atoms with E-state index in [2.05, 4.69) is 5.32 Å². The van der Waals surface area contributed by atoms with Crippen LogP contribution in [0.15, 0.2) is 47.4 Å². The average Bonchev–Trinajstić information content (AvgIpc) is 3.00. The van der Waals surface area contributed by atoms with Crippen molar-refractivity contribution in [1.82, 2.24) is 0 Å². The van der Waals surface area contributed by atoms with E-state index in [1.54, 1.807) is 11.8 Å². The molecular weight excluding hydrogens is 346 g/mol. The SMILES string of the molecule is CSc1ccc(N2CC(C(=O)Nc3cc(F)ccc3F)CC2=O)cc1. The summed E-state index contributed by atoms with van der Waals surface area (Å²) < 4.78 is 26.8. The molecular formula is C18H16F2N2O2S. The Labute approximate surface area is 148 Å². The monoisotopic (exact) mass is 362 g/mol. The van der Waals surface area contributed by atoms with Crippen molar-refractivity contribution in [2.24, 2.45) is 5.92 Å². The summed E-state index contributed by atoms with van der Waals surface area (Å²) in [5, 5.41) is 2.37. The Morgan fingerprint density at radius 2 is 1.92 bits per heavy atom. The lowest BCUT2D eigenvalue weighted by atomic mass is 10.1. The first-order chi connectivity index (χ1) is 12.0. The molecule has 4 nitrogen and oxygen atoms in total. The molecule has 0 aliphatic carbocycles. The van der Waals surface area contributed by atoms with Gasteiger partial charge in [-0.2, -0.15) is 0 Å². The first-order valence-electron chi connectivity index (χ1n) is 7.68. The van der Waals surface area contributed by atoms with E-state index in [0.29, 0.717) is 0 Å². The fourth-order valence-corrected chi connectivity index (χ4v) is 3.13. The van der Waals surface area contributed by atoms with Crippen molar-refractivity contribution in [3.05, 3.63) is 54.1 Å². The molecule has 1 N–H and O–H groups in total. The van der Waals surface area contributed by atoms with Gasteiger partial charge in [0.2, 0.25) is 11.8 Å². The molecule has 1 atom stereocenters. The topological polar surface area (TPSA) is 49.4 Å².